The predicted molar refractivity (Wildman–Crippen MR) is 144 cm³/mol. The maximum Gasteiger partial charge on any atom is 0.299 e. The van der Waals surface area contributed by atoms with E-state index >= 15 is 0 Å². The third kappa shape index (κ3) is 6.61. The lowest BCUT2D eigenvalue weighted by Crippen LogP contribution is -2.48. The summed E-state index contributed by atoms with van der Waals surface area (Å²) in [5.74, 6) is 0.980. The highest BCUT2D eigenvalue weighted by Gasteiger charge is 2.38. The normalized spacial score (nSPS) is 19.6. The molecule has 3 N–H and O–H groups in total. The van der Waals surface area contributed by atoms with Crippen LogP contribution in [0.3, 0.4) is 0 Å². The molecule has 9 heteroatoms. The number of carbonyl (C=O) groups excluding carboxylic acids is 1. The minimum atomic E-state index is -3.75. The molecule has 3 aromatic rings. The zero-order valence-corrected chi connectivity index (χ0v) is 21.9. The van der Waals surface area contributed by atoms with Gasteiger partial charge in [-0.15, -0.1) is 0 Å². The van der Waals surface area contributed by atoms with Crippen LogP contribution in [0.4, 0.5) is 5.69 Å². The molecule has 0 aliphatic heterocycles. The quantitative estimate of drug-likeness (QED) is 0.368. The molecule has 8 nitrogen and oxygen atoms in total. The second-order valence-electron chi connectivity index (χ2n) is 9.26. The summed E-state index contributed by atoms with van der Waals surface area (Å²) in [6, 6.07) is 23.7. The van der Waals surface area contributed by atoms with Crippen LogP contribution >= 0.6 is 0 Å². The van der Waals surface area contributed by atoms with Crippen LogP contribution in [0.2, 0.25) is 0 Å². The van der Waals surface area contributed by atoms with Gasteiger partial charge in [0.15, 0.2) is 0 Å². The van der Waals surface area contributed by atoms with E-state index in [4.69, 9.17) is 9.47 Å². The fourth-order valence-electron chi connectivity index (χ4n) is 4.89. The first kappa shape index (κ1) is 26.5. The standard InChI is InChI=1S/C28H33N3O5S/c1-35-24-14-12-22(13-15-24)30-37(33,34)31-23-16-18-28(19-17-23,21-8-4-3-5-9-21)20-29-27(32)25-10-6-7-11-26(25)36-2/h3-15,23,30-31H,16-20H2,1-2H3,(H,29,32). The number of ether oxygens (including phenoxy) is 2. The summed E-state index contributed by atoms with van der Waals surface area (Å²) in [5.41, 5.74) is 1.78. The summed E-state index contributed by atoms with van der Waals surface area (Å²) in [6.07, 6.45) is 2.73. The van der Waals surface area contributed by atoms with Crippen LogP contribution < -0.4 is 24.2 Å². The van der Waals surface area contributed by atoms with Gasteiger partial charge in [0.2, 0.25) is 0 Å². The highest BCUT2D eigenvalue weighted by molar-refractivity contribution is 7.90. The van der Waals surface area contributed by atoms with E-state index in [1.54, 1.807) is 50.6 Å². The fourth-order valence-corrected chi connectivity index (χ4v) is 6.07. The number of hydrogen-bond donors (Lipinski definition) is 3. The van der Waals surface area contributed by atoms with Crippen molar-refractivity contribution in [2.24, 2.45) is 0 Å². The molecule has 4 rings (SSSR count). The van der Waals surface area contributed by atoms with E-state index in [-0.39, 0.29) is 17.4 Å². The van der Waals surface area contributed by atoms with Gasteiger partial charge in [-0.1, -0.05) is 42.5 Å². The molecule has 1 aliphatic rings. The highest BCUT2D eigenvalue weighted by Crippen LogP contribution is 2.39. The first-order valence-electron chi connectivity index (χ1n) is 12.2. The number of anilines is 1. The lowest BCUT2D eigenvalue weighted by molar-refractivity contribution is 0.0932. The van der Waals surface area contributed by atoms with E-state index in [1.807, 2.05) is 30.3 Å². The van der Waals surface area contributed by atoms with Crippen LogP contribution in [0.15, 0.2) is 78.9 Å². The van der Waals surface area contributed by atoms with Crippen LogP contribution in [-0.4, -0.2) is 41.1 Å². The van der Waals surface area contributed by atoms with Gasteiger partial charge >= 0.3 is 0 Å². The first-order valence-corrected chi connectivity index (χ1v) is 13.7. The van der Waals surface area contributed by atoms with Crippen LogP contribution in [-0.2, 0) is 15.6 Å². The largest absolute Gasteiger partial charge is 0.497 e. The molecule has 0 saturated heterocycles. The van der Waals surface area contributed by atoms with Crippen molar-refractivity contribution in [3.05, 3.63) is 90.0 Å². The Labute approximate surface area is 218 Å². The molecular formula is C28H33N3O5S. The summed E-state index contributed by atoms with van der Waals surface area (Å²) in [4.78, 5) is 13.0. The topological polar surface area (TPSA) is 106 Å². The molecule has 0 bridgehead atoms. The van der Waals surface area contributed by atoms with Crippen LogP contribution in [0.25, 0.3) is 0 Å². The molecule has 0 spiro atoms. The van der Waals surface area contributed by atoms with E-state index in [0.717, 1.165) is 18.4 Å². The third-order valence-corrected chi connectivity index (χ3v) is 8.08. The van der Waals surface area contributed by atoms with Gasteiger partial charge in [0.25, 0.3) is 16.1 Å². The van der Waals surface area contributed by atoms with Gasteiger partial charge in [-0.05, 0) is 67.6 Å². The molecule has 1 amide bonds. The lowest BCUT2D eigenvalue weighted by atomic mass is 9.68. The summed E-state index contributed by atoms with van der Waals surface area (Å²) in [5, 5.41) is 3.11. The number of carbonyl (C=O) groups is 1. The predicted octanol–water partition coefficient (Wildman–Crippen LogP) is 4.26. The fraction of sp³-hybridized carbons (Fsp3) is 0.321. The van der Waals surface area contributed by atoms with Crippen molar-refractivity contribution in [2.45, 2.75) is 37.1 Å². The van der Waals surface area contributed by atoms with Crippen LogP contribution in [0.1, 0.15) is 41.6 Å². The zero-order valence-electron chi connectivity index (χ0n) is 21.1. The minimum absolute atomic E-state index is 0.195. The van der Waals surface area contributed by atoms with Crippen molar-refractivity contribution in [3.63, 3.8) is 0 Å². The molecule has 0 heterocycles. The molecule has 1 saturated carbocycles. The Morgan fingerprint density at radius 1 is 0.892 bits per heavy atom. The maximum absolute atomic E-state index is 13.0. The Kier molecular flexibility index (Phi) is 8.35. The van der Waals surface area contributed by atoms with E-state index < -0.39 is 10.2 Å². The molecule has 1 fully saturated rings. The van der Waals surface area contributed by atoms with E-state index in [1.165, 1.54) is 0 Å². The Hall–Kier alpha value is -3.56. The van der Waals surface area contributed by atoms with Crippen molar-refractivity contribution in [1.29, 1.82) is 0 Å². The van der Waals surface area contributed by atoms with Gasteiger partial charge in [-0.25, -0.2) is 0 Å². The lowest BCUT2D eigenvalue weighted by Gasteiger charge is -2.41. The smallest absolute Gasteiger partial charge is 0.299 e. The molecule has 1 aliphatic carbocycles. The maximum atomic E-state index is 13.0. The van der Waals surface area contributed by atoms with Crippen molar-refractivity contribution in [1.82, 2.24) is 10.0 Å². The monoisotopic (exact) mass is 523 g/mol. The van der Waals surface area contributed by atoms with Crippen molar-refractivity contribution >= 4 is 21.8 Å². The van der Waals surface area contributed by atoms with E-state index in [2.05, 4.69) is 26.9 Å². The number of benzene rings is 3. The van der Waals surface area contributed by atoms with Gasteiger partial charge in [-0.3, -0.25) is 9.52 Å². The second kappa shape index (κ2) is 11.7. The summed E-state index contributed by atoms with van der Waals surface area (Å²) in [6.45, 7) is 0.442. The number of nitrogens with one attached hydrogen (secondary N) is 3. The number of amides is 1. The molecule has 0 aromatic heterocycles. The average Bonchev–Trinajstić information content (AvgIpc) is 2.93. The molecule has 0 unspecified atom stereocenters. The number of para-hydroxylation sites is 1. The molecule has 0 radical (unpaired) electrons. The van der Waals surface area contributed by atoms with Gasteiger partial charge in [0, 0.05) is 18.0 Å². The summed E-state index contributed by atoms with van der Waals surface area (Å²) < 4.78 is 41.4. The highest BCUT2D eigenvalue weighted by atomic mass is 32.2. The molecular weight excluding hydrogens is 490 g/mol. The minimum Gasteiger partial charge on any atom is -0.497 e. The number of hydrogen-bond acceptors (Lipinski definition) is 5. The van der Waals surface area contributed by atoms with E-state index in [9.17, 15) is 13.2 Å². The average molecular weight is 524 g/mol. The van der Waals surface area contributed by atoms with Gasteiger partial charge in [0.1, 0.15) is 11.5 Å². The first-order chi connectivity index (χ1) is 17.8. The van der Waals surface area contributed by atoms with Crippen molar-refractivity contribution in [2.75, 3.05) is 25.5 Å². The summed E-state index contributed by atoms with van der Waals surface area (Å²) >= 11 is 0. The Morgan fingerprint density at radius 3 is 2.19 bits per heavy atom. The Bertz CT molecular complexity index is 1290. The van der Waals surface area contributed by atoms with Crippen molar-refractivity contribution < 1.29 is 22.7 Å². The third-order valence-electron chi connectivity index (χ3n) is 6.93. The second-order valence-corrected chi connectivity index (χ2v) is 10.7. The number of methoxy groups -OCH3 is 2. The Morgan fingerprint density at radius 2 is 1.54 bits per heavy atom. The summed E-state index contributed by atoms with van der Waals surface area (Å²) in [7, 11) is -0.646. The van der Waals surface area contributed by atoms with Gasteiger partial charge < -0.3 is 14.8 Å². The van der Waals surface area contributed by atoms with Gasteiger partial charge in [0.05, 0.1) is 25.5 Å². The molecule has 37 heavy (non-hydrogen) atoms. The molecule has 0 atom stereocenters. The van der Waals surface area contributed by atoms with Crippen molar-refractivity contribution in [3.8, 4) is 11.5 Å². The number of rotatable bonds is 10. The van der Waals surface area contributed by atoms with Crippen LogP contribution in [0.5, 0.6) is 11.5 Å². The van der Waals surface area contributed by atoms with Gasteiger partial charge in [-0.2, -0.15) is 13.1 Å². The Balaban J connectivity index is 1.42. The molecule has 196 valence electrons. The van der Waals surface area contributed by atoms with E-state index in [0.29, 0.717) is 42.1 Å². The van der Waals surface area contributed by atoms with Crippen LogP contribution in [0, 0.1) is 0 Å². The molecule has 3 aromatic carbocycles. The zero-order chi connectivity index (χ0) is 26.3. The SMILES string of the molecule is COc1ccc(NS(=O)(=O)NC2CCC(CNC(=O)c3ccccc3OC)(c3ccccc3)CC2)cc1.